The van der Waals surface area contributed by atoms with Crippen molar-refractivity contribution < 1.29 is 9.53 Å². The first-order chi connectivity index (χ1) is 11.7. The van der Waals surface area contributed by atoms with Gasteiger partial charge < -0.3 is 10.1 Å². The van der Waals surface area contributed by atoms with Crippen molar-refractivity contribution in [1.29, 1.82) is 0 Å². The molecule has 25 heavy (non-hydrogen) atoms. The van der Waals surface area contributed by atoms with Gasteiger partial charge in [-0.25, -0.2) is 0 Å². The van der Waals surface area contributed by atoms with Crippen LogP contribution in [0.25, 0.3) is 0 Å². The first-order valence-corrected chi connectivity index (χ1v) is 9.15. The molecule has 0 aliphatic carbocycles. The molecule has 1 amide bonds. The molecule has 2 rings (SSSR count). The lowest BCUT2D eigenvalue weighted by molar-refractivity contribution is -0.122. The van der Waals surface area contributed by atoms with E-state index in [0.29, 0.717) is 5.02 Å². The lowest BCUT2D eigenvalue weighted by Crippen LogP contribution is -2.48. The van der Waals surface area contributed by atoms with Gasteiger partial charge in [0, 0.05) is 5.02 Å². The number of hydrogen-bond donors (Lipinski definition) is 1. The number of hydrogen-bond acceptors (Lipinski definition) is 2. The Morgan fingerprint density at radius 1 is 1.04 bits per heavy atom. The Hall–Kier alpha value is -0.550. The number of alkyl halides is 3. The minimum absolute atomic E-state index is 0.0454. The lowest BCUT2D eigenvalue weighted by Gasteiger charge is -2.27. The van der Waals surface area contributed by atoms with Gasteiger partial charge in [-0.15, -0.1) is 0 Å². The van der Waals surface area contributed by atoms with Crippen molar-refractivity contribution in [3.05, 3.63) is 63.1 Å². The highest BCUT2D eigenvalue weighted by molar-refractivity contribution is 6.68. The van der Waals surface area contributed by atoms with Gasteiger partial charge in [-0.2, -0.15) is 0 Å². The maximum Gasteiger partial charge on any atom is 0.246 e. The second kappa shape index (κ2) is 8.90. The fourth-order valence-electron chi connectivity index (χ4n) is 1.92. The topological polar surface area (TPSA) is 38.3 Å². The molecule has 2 aromatic carbocycles. The number of carbonyl (C=O) groups is 1. The third kappa shape index (κ3) is 6.28. The van der Waals surface area contributed by atoms with E-state index in [9.17, 15) is 4.79 Å². The van der Waals surface area contributed by atoms with Crippen LogP contribution in [0.4, 0.5) is 0 Å². The van der Waals surface area contributed by atoms with E-state index in [4.69, 9.17) is 74.3 Å². The highest BCUT2D eigenvalue weighted by Crippen LogP contribution is 2.39. The summed E-state index contributed by atoms with van der Waals surface area (Å²) in [5.41, 5.74) is 0.797. The monoisotopic (exact) mass is 459 g/mol. The molecule has 0 heterocycles. The third-order valence-corrected chi connectivity index (χ3v) is 4.37. The zero-order valence-corrected chi connectivity index (χ0v) is 16.9. The number of rotatable bonds is 5. The van der Waals surface area contributed by atoms with Gasteiger partial charge in [0.1, 0.15) is 0 Å². The average molecular weight is 462 g/mol. The molecule has 0 spiro atoms. The van der Waals surface area contributed by atoms with Crippen LogP contribution in [0, 0.1) is 0 Å². The molecular weight excluding hydrogens is 451 g/mol. The molecule has 0 aliphatic heterocycles. The van der Waals surface area contributed by atoms with E-state index < -0.39 is 15.9 Å². The second-order valence-corrected chi connectivity index (χ2v) is 8.59. The Labute approximate surface area is 175 Å². The summed E-state index contributed by atoms with van der Waals surface area (Å²) in [6.07, 6.45) is -1.23. The minimum atomic E-state index is -1.96. The molecule has 0 aromatic heterocycles. The van der Waals surface area contributed by atoms with Gasteiger partial charge in [0.15, 0.2) is 5.75 Å². The summed E-state index contributed by atoms with van der Waals surface area (Å²) in [5.74, 6) is -0.354. The summed E-state index contributed by atoms with van der Waals surface area (Å²) >= 11 is 35.7. The van der Waals surface area contributed by atoms with E-state index in [2.05, 4.69) is 5.32 Å². The van der Waals surface area contributed by atoms with Crippen molar-refractivity contribution in [2.75, 3.05) is 0 Å². The Kier molecular flexibility index (Phi) is 7.39. The number of benzene rings is 2. The maximum absolute atomic E-state index is 12.2. The molecule has 0 saturated carbocycles. The van der Waals surface area contributed by atoms with Crippen LogP contribution in [-0.4, -0.2) is 15.9 Å². The predicted molar refractivity (Wildman–Crippen MR) is 104 cm³/mol. The van der Waals surface area contributed by atoms with E-state index in [0.717, 1.165) is 5.56 Å². The highest BCUT2D eigenvalue weighted by atomic mass is 35.6. The number of ether oxygens (including phenoxy) is 1. The molecular formula is C16H11Cl6NO2. The zero-order chi connectivity index (χ0) is 18.6. The first-order valence-electron chi connectivity index (χ1n) is 6.88. The number of nitrogens with one attached hydrogen (secondary N) is 1. The Balaban J connectivity index is 2.16. The van der Waals surface area contributed by atoms with Crippen molar-refractivity contribution in [1.82, 2.24) is 5.32 Å². The van der Waals surface area contributed by atoms with E-state index >= 15 is 0 Å². The van der Waals surface area contributed by atoms with E-state index in [1.165, 1.54) is 12.1 Å². The Morgan fingerprint density at radius 2 is 1.60 bits per heavy atom. The van der Waals surface area contributed by atoms with Gasteiger partial charge in [0.25, 0.3) is 0 Å². The molecule has 1 unspecified atom stereocenters. The standard InChI is InChI=1S/C16H11Cl6NO2/c17-10-7-11(18)14(12(19)8-10)25-15(16(20,21)22)23-13(24)6-9-4-2-1-3-5-9/h1-5,7-8,15H,6H2,(H,23,24). The van der Waals surface area contributed by atoms with Crippen molar-refractivity contribution >= 4 is 75.5 Å². The van der Waals surface area contributed by atoms with Crippen molar-refractivity contribution in [3.63, 3.8) is 0 Å². The minimum Gasteiger partial charge on any atom is -0.463 e. The van der Waals surface area contributed by atoms with Crippen LogP contribution in [0.1, 0.15) is 5.56 Å². The fraction of sp³-hybridized carbons (Fsp3) is 0.188. The number of amides is 1. The van der Waals surface area contributed by atoms with Gasteiger partial charge in [-0.05, 0) is 17.7 Å². The van der Waals surface area contributed by atoms with E-state index in [-0.39, 0.29) is 22.2 Å². The maximum atomic E-state index is 12.2. The quantitative estimate of drug-likeness (QED) is 0.432. The van der Waals surface area contributed by atoms with Crippen LogP contribution >= 0.6 is 69.6 Å². The van der Waals surface area contributed by atoms with Crippen LogP contribution in [0.2, 0.25) is 15.1 Å². The molecule has 0 bridgehead atoms. The number of halogens is 6. The first kappa shape index (κ1) is 20.8. The normalized spacial score (nSPS) is 12.6. The number of carbonyl (C=O) groups excluding carboxylic acids is 1. The van der Waals surface area contributed by atoms with Crippen LogP contribution < -0.4 is 10.1 Å². The summed E-state index contributed by atoms with van der Waals surface area (Å²) in [4.78, 5) is 12.2. The lowest BCUT2D eigenvalue weighted by atomic mass is 10.1. The van der Waals surface area contributed by atoms with E-state index in [1.54, 1.807) is 12.1 Å². The van der Waals surface area contributed by atoms with Crippen molar-refractivity contribution in [3.8, 4) is 5.75 Å². The second-order valence-electron chi connectivity index (χ2n) is 4.97. The molecule has 3 nitrogen and oxygen atoms in total. The zero-order valence-electron chi connectivity index (χ0n) is 12.4. The average Bonchev–Trinajstić information content (AvgIpc) is 2.49. The highest BCUT2D eigenvalue weighted by Gasteiger charge is 2.37. The van der Waals surface area contributed by atoms with Crippen LogP contribution in [-0.2, 0) is 11.2 Å². The molecule has 0 aliphatic rings. The largest absolute Gasteiger partial charge is 0.463 e. The van der Waals surface area contributed by atoms with Crippen LogP contribution in [0.15, 0.2) is 42.5 Å². The summed E-state index contributed by atoms with van der Waals surface area (Å²) < 4.78 is 3.59. The fourth-order valence-corrected chi connectivity index (χ4v) is 3.12. The summed E-state index contributed by atoms with van der Waals surface area (Å²) in [7, 11) is 0. The molecule has 1 atom stereocenters. The third-order valence-electron chi connectivity index (χ3n) is 3.00. The summed E-state index contributed by atoms with van der Waals surface area (Å²) in [6.45, 7) is 0. The smallest absolute Gasteiger partial charge is 0.246 e. The van der Waals surface area contributed by atoms with Crippen molar-refractivity contribution in [2.45, 2.75) is 16.4 Å². The predicted octanol–water partition coefficient (Wildman–Crippen LogP) is 6.08. The summed E-state index contributed by atoms with van der Waals surface area (Å²) in [5, 5.41) is 3.07. The molecule has 0 saturated heterocycles. The molecule has 2 aromatic rings. The summed E-state index contributed by atoms with van der Waals surface area (Å²) in [6, 6.07) is 11.9. The molecule has 1 N–H and O–H groups in total. The SMILES string of the molecule is O=C(Cc1ccccc1)NC(Oc1c(Cl)cc(Cl)cc1Cl)C(Cl)(Cl)Cl. The Bertz CT molecular complexity index is 725. The van der Waals surface area contributed by atoms with Gasteiger partial charge >= 0.3 is 0 Å². The molecule has 0 fully saturated rings. The molecule has 134 valence electrons. The van der Waals surface area contributed by atoms with Crippen molar-refractivity contribution in [2.24, 2.45) is 0 Å². The van der Waals surface area contributed by atoms with Crippen LogP contribution in [0.3, 0.4) is 0 Å². The Morgan fingerprint density at radius 3 is 2.12 bits per heavy atom. The molecule has 9 heteroatoms. The van der Waals surface area contributed by atoms with Gasteiger partial charge in [-0.1, -0.05) is 99.9 Å². The van der Waals surface area contributed by atoms with E-state index in [1.807, 2.05) is 18.2 Å². The van der Waals surface area contributed by atoms with Gasteiger partial charge in [-0.3, -0.25) is 4.79 Å². The van der Waals surface area contributed by atoms with Gasteiger partial charge in [0.2, 0.25) is 15.9 Å². The van der Waals surface area contributed by atoms with Crippen LogP contribution in [0.5, 0.6) is 5.75 Å². The molecule has 0 radical (unpaired) electrons. The van der Waals surface area contributed by atoms with Gasteiger partial charge in [0.05, 0.1) is 16.5 Å².